The van der Waals surface area contributed by atoms with Gasteiger partial charge < -0.3 is 10.2 Å². The van der Waals surface area contributed by atoms with Crippen molar-refractivity contribution >= 4 is 17.7 Å². The van der Waals surface area contributed by atoms with Crippen molar-refractivity contribution in [2.24, 2.45) is 0 Å². The molecule has 2 fully saturated rings. The number of thioether (sulfide) groups is 1. The van der Waals surface area contributed by atoms with E-state index in [9.17, 15) is 4.79 Å². The molecule has 1 N–H and O–H groups in total. The van der Waals surface area contributed by atoms with Crippen LogP contribution in [0.4, 0.5) is 0 Å². The second-order valence-corrected chi connectivity index (χ2v) is 5.44. The lowest BCUT2D eigenvalue weighted by atomic mass is 10.1. The van der Waals surface area contributed by atoms with Crippen LogP contribution in [-0.2, 0) is 4.79 Å². The number of hydrogen-bond donors (Lipinski definition) is 1. The first-order valence-corrected chi connectivity index (χ1v) is 7.10. The molecular formula is C11H20N2OS. The number of nitrogens with zero attached hydrogens (tertiary/aromatic N) is 1. The number of rotatable bonds is 3. The maximum Gasteiger partial charge on any atom is 0.239 e. The van der Waals surface area contributed by atoms with Gasteiger partial charge in [-0.25, -0.2) is 0 Å². The fraction of sp³-hybridized carbons (Fsp3) is 0.909. The van der Waals surface area contributed by atoms with Gasteiger partial charge in [-0.3, -0.25) is 4.79 Å². The first kappa shape index (κ1) is 11.3. The Bertz CT molecular complexity index is 223. The van der Waals surface area contributed by atoms with E-state index in [0.717, 1.165) is 31.7 Å². The van der Waals surface area contributed by atoms with Gasteiger partial charge in [0.05, 0.1) is 6.04 Å². The first-order chi connectivity index (χ1) is 7.33. The number of nitrogens with one attached hydrogen (secondary N) is 1. The van der Waals surface area contributed by atoms with E-state index >= 15 is 0 Å². The van der Waals surface area contributed by atoms with Crippen LogP contribution in [0.5, 0.6) is 0 Å². The van der Waals surface area contributed by atoms with Gasteiger partial charge in [-0.2, -0.15) is 11.8 Å². The van der Waals surface area contributed by atoms with Crippen molar-refractivity contribution in [3.8, 4) is 0 Å². The number of carbonyl (C=O) groups excluding carboxylic acids is 1. The zero-order chi connectivity index (χ0) is 10.7. The molecule has 2 atom stereocenters. The predicted octanol–water partition coefficient (Wildman–Crippen LogP) is 1.09. The summed E-state index contributed by atoms with van der Waals surface area (Å²) in [5.41, 5.74) is 0. The normalized spacial score (nSPS) is 30.7. The Hall–Kier alpha value is -0.220. The summed E-state index contributed by atoms with van der Waals surface area (Å²) in [6, 6.07) is 0.602. The number of likely N-dealkylation sites (N-methyl/N-ethyl adjacent to an activating group) is 1. The molecule has 2 aliphatic heterocycles. The number of amides is 1. The average Bonchev–Trinajstić information content (AvgIpc) is 2.91. The van der Waals surface area contributed by atoms with Crippen LogP contribution < -0.4 is 5.32 Å². The van der Waals surface area contributed by atoms with E-state index in [2.05, 4.69) is 17.1 Å². The van der Waals surface area contributed by atoms with Crippen LogP contribution in [0.3, 0.4) is 0 Å². The van der Waals surface area contributed by atoms with Crippen LogP contribution in [0.15, 0.2) is 0 Å². The summed E-state index contributed by atoms with van der Waals surface area (Å²) in [6.45, 7) is 3.96. The minimum Gasteiger partial charge on any atom is -0.338 e. The fourth-order valence-corrected chi connectivity index (χ4v) is 3.68. The summed E-state index contributed by atoms with van der Waals surface area (Å²) >= 11 is 1.97. The molecule has 86 valence electrons. The largest absolute Gasteiger partial charge is 0.338 e. The Morgan fingerprint density at radius 2 is 2.40 bits per heavy atom. The number of carbonyl (C=O) groups is 1. The maximum atomic E-state index is 12.2. The van der Waals surface area contributed by atoms with E-state index in [1.807, 2.05) is 11.8 Å². The van der Waals surface area contributed by atoms with E-state index in [1.165, 1.54) is 12.2 Å². The molecule has 0 bridgehead atoms. The summed E-state index contributed by atoms with van der Waals surface area (Å²) in [5.74, 6) is 2.68. The third kappa shape index (κ3) is 2.48. The van der Waals surface area contributed by atoms with Crippen LogP contribution in [0, 0.1) is 0 Å². The molecule has 3 nitrogen and oxygen atoms in total. The molecule has 0 aromatic rings. The van der Waals surface area contributed by atoms with Gasteiger partial charge in [0.1, 0.15) is 0 Å². The molecule has 0 spiro atoms. The van der Waals surface area contributed by atoms with Crippen LogP contribution >= 0.6 is 11.8 Å². The Morgan fingerprint density at radius 3 is 2.93 bits per heavy atom. The van der Waals surface area contributed by atoms with Crippen LogP contribution in [0.25, 0.3) is 0 Å². The summed E-state index contributed by atoms with van der Waals surface area (Å²) in [5, 5.41) is 3.30. The molecule has 0 aliphatic carbocycles. The van der Waals surface area contributed by atoms with Gasteiger partial charge in [0.15, 0.2) is 0 Å². The highest BCUT2D eigenvalue weighted by atomic mass is 32.2. The van der Waals surface area contributed by atoms with Crippen molar-refractivity contribution in [1.82, 2.24) is 10.2 Å². The van der Waals surface area contributed by atoms with Crippen molar-refractivity contribution in [2.45, 2.75) is 38.3 Å². The second kappa shape index (κ2) is 5.21. The van der Waals surface area contributed by atoms with Crippen molar-refractivity contribution in [3.63, 3.8) is 0 Å². The molecule has 2 saturated heterocycles. The molecule has 2 heterocycles. The van der Waals surface area contributed by atoms with Gasteiger partial charge in [-0.1, -0.05) is 0 Å². The molecular weight excluding hydrogens is 208 g/mol. The zero-order valence-corrected chi connectivity index (χ0v) is 10.2. The summed E-state index contributed by atoms with van der Waals surface area (Å²) in [4.78, 5) is 14.3. The Labute approximate surface area is 96.0 Å². The monoisotopic (exact) mass is 228 g/mol. The van der Waals surface area contributed by atoms with Crippen molar-refractivity contribution < 1.29 is 4.79 Å². The first-order valence-electron chi connectivity index (χ1n) is 5.94. The topological polar surface area (TPSA) is 32.3 Å². The quantitative estimate of drug-likeness (QED) is 0.785. The van der Waals surface area contributed by atoms with E-state index in [4.69, 9.17) is 0 Å². The zero-order valence-electron chi connectivity index (χ0n) is 9.37. The van der Waals surface area contributed by atoms with Crippen molar-refractivity contribution in [2.75, 3.05) is 24.6 Å². The molecule has 2 aliphatic rings. The van der Waals surface area contributed by atoms with Gasteiger partial charge in [0.25, 0.3) is 0 Å². The molecule has 0 saturated carbocycles. The van der Waals surface area contributed by atoms with Gasteiger partial charge in [0.2, 0.25) is 5.91 Å². The lowest BCUT2D eigenvalue weighted by Crippen LogP contribution is -2.48. The summed E-state index contributed by atoms with van der Waals surface area (Å²) < 4.78 is 0. The van der Waals surface area contributed by atoms with Crippen molar-refractivity contribution in [1.29, 1.82) is 0 Å². The maximum absolute atomic E-state index is 12.2. The predicted molar refractivity (Wildman–Crippen MR) is 64.1 cm³/mol. The number of hydrogen-bond acceptors (Lipinski definition) is 3. The van der Waals surface area contributed by atoms with Gasteiger partial charge in [0, 0.05) is 18.3 Å². The van der Waals surface area contributed by atoms with E-state index in [1.54, 1.807) is 0 Å². The van der Waals surface area contributed by atoms with Crippen LogP contribution in [0.2, 0.25) is 0 Å². The highest BCUT2D eigenvalue weighted by Gasteiger charge is 2.31. The molecule has 0 unspecified atom stereocenters. The summed E-state index contributed by atoms with van der Waals surface area (Å²) in [6.07, 6.45) is 3.35. The SMILES string of the molecule is CCN(C(=O)[C@H]1CCCN1)[C@@H]1CCSC1. The molecule has 4 heteroatoms. The third-order valence-corrected chi connectivity index (χ3v) is 4.47. The Balaban J connectivity index is 1.95. The van der Waals surface area contributed by atoms with Crippen LogP contribution in [0.1, 0.15) is 26.2 Å². The van der Waals surface area contributed by atoms with Gasteiger partial charge in [-0.05, 0) is 38.5 Å². The van der Waals surface area contributed by atoms with Crippen LogP contribution in [-0.4, -0.2) is 47.5 Å². The molecule has 15 heavy (non-hydrogen) atoms. The Morgan fingerprint density at radius 1 is 1.53 bits per heavy atom. The molecule has 0 aromatic carbocycles. The lowest BCUT2D eigenvalue weighted by molar-refractivity contribution is -0.134. The van der Waals surface area contributed by atoms with E-state index in [-0.39, 0.29) is 6.04 Å². The highest BCUT2D eigenvalue weighted by Crippen LogP contribution is 2.23. The highest BCUT2D eigenvalue weighted by molar-refractivity contribution is 7.99. The third-order valence-electron chi connectivity index (χ3n) is 3.33. The average molecular weight is 228 g/mol. The molecule has 0 radical (unpaired) electrons. The Kier molecular flexibility index (Phi) is 3.92. The summed E-state index contributed by atoms with van der Waals surface area (Å²) in [7, 11) is 0. The standard InChI is InChI=1S/C11H20N2OS/c1-2-13(9-5-7-15-8-9)11(14)10-4-3-6-12-10/h9-10,12H,2-8H2,1H3/t9-,10-/m1/s1. The smallest absolute Gasteiger partial charge is 0.239 e. The van der Waals surface area contributed by atoms with E-state index < -0.39 is 0 Å². The van der Waals surface area contributed by atoms with Gasteiger partial charge in [-0.15, -0.1) is 0 Å². The van der Waals surface area contributed by atoms with Crippen molar-refractivity contribution in [3.05, 3.63) is 0 Å². The molecule has 1 amide bonds. The minimum absolute atomic E-state index is 0.107. The fourth-order valence-electron chi connectivity index (χ4n) is 2.46. The van der Waals surface area contributed by atoms with Gasteiger partial charge >= 0.3 is 0 Å². The second-order valence-electron chi connectivity index (χ2n) is 4.29. The van der Waals surface area contributed by atoms with E-state index in [0.29, 0.717) is 11.9 Å². The minimum atomic E-state index is 0.107. The molecule has 2 rings (SSSR count). The lowest BCUT2D eigenvalue weighted by Gasteiger charge is -2.29. The molecule has 0 aromatic heterocycles.